The van der Waals surface area contributed by atoms with E-state index >= 15 is 0 Å². The molecule has 1 rings (SSSR count). The highest BCUT2D eigenvalue weighted by atomic mass is 16.1. The Bertz CT molecular complexity index is 445. The van der Waals surface area contributed by atoms with Gasteiger partial charge in [0.2, 0.25) is 5.91 Å². The van der Waals surface area contributed by atoms with E-state index in [0.29, 0.717) is 6.42 Å². The summed E-state index contributed by atoms with van der Waals surface area (Å²) in [7, 11) is 0. The van der Waals surface area contributed by atoms with Crippen LogP contribution in [-0.4, -0.2) is 11.9 Å². The van der Waals surface area contributed by atoms with Crippen molar-refractivity contribution in [3.05, 3.63) is 35.4 Å². The quantitative estimate of drug-likeness (QED) is 0.839. The first-order valence-corrected chi connectivity index (χ1v) is 7.89. The van der Waals surface area contributed by atoms with E-state index in [1.165, 1.54) is 5.56 Å². The van der Waals surface area contributed by atoms with Crippen molar-refractivity contribution in [1.29, 1.82) is 0 Å². The molecule has 0 aliphatic rings. The highest BCUT2D eigenvalue weighted by Crippen LogP contribution is 2.23. The molecule has 0 bridgehead atoms. The van der Waals surface area contributed by atoms with Crippen LogP contribution in [0.5, 0.6) is 0 Å². The predicted octanol–water partition coefficient (Wildman–Crippen LogP) is 3.68. The smallest absolute Gasteiger partial charge is 0.222 e. The van der Waals surface area contributed by atoms with Gasteiger partial charge in [-0.1, -0.05) is 58.4 Å². The van der Waals surface area contributed by atoms with E-state index in [1.54, 1.807) is 0 Å². The summed E-state index contributed by atoms with van der Waals surface area (Å²) in [5.41, 5.74) is 8.48. The summed E-state index contributed by atoms with van der Waals surface area (Å²) in [5.74, 6) is 0.0309. The lowest BCUT2D eigenvalue weighted by Crippen LogP contribution is -2.33. The maximum Gasteiger partial charge on any atom is 0.222 e. The fraction of sp³-hybridized carbons (Fsp3) is 0.611. The fourth-order valence-corrected chi connectivity index (χ4v) is 2.37. The van der Waals surface area contributed by atoms with Crippen LogP contribution < -0.4 is 11.1 Å². The van der Waals surface area contributed by atoms with Crippen LogP contribution in [0.3, 0.4) is 0 Å². The second kappa shape index (κ2) is 7.60. The Morgan fingerprint density at radius 2 is 1.81 bits per heavy atom. The summed E-state index contributed by atoms with van der Waals surface area (Å²) < 4.78 is 0. The average Bonchev–Trinajstić information content (AvgIpc) is 2.37. The van der Waals surface area contributed by atoms with Gasteiger partial charge in [0, 0.05) is 12.5 Å². The van der Waals surface area contributed by atoms with Gasteiger partial charge in [-0.15, -0.1) is 0 Å². The van der Waals surface area contributed by atoms with Crippen molar-refractivity contribution in [3.8, 4) is 0 Å². The Hall–Kier alpha value is -1.35. The molecular weight excluding hydrogens is 260 g/mol. The van der Waals surface area contributed by atoms with E-state index in [1.807, 2.05) is 6.92 Å². The number of nitrogens with two attached hydrogens (primary N) is 1. The molecular formula is C18H30N2O. The summed E-state index contributed by atoms with van der Waals surface area (Å²) in [5, 5.41) is 3.02. The maximum absolute atomic E-state index is 11.9. The van der Waals surface area contributed by atoms with Gasteiger partial charge in [0.25, 0.3) is 0 Å². The molecule has 2 atom stereocenters. The fourth-order valence-electron chi connectivity index (χ4n) is 2.37. The Kier molecular flexibility index (Phi) is 6.41. The number of amides is 1. The van der Waals surface area contributed by atoms with E-state index in [0.717, 1.165) is 18.4 Å². The summed E-state index contributed by atoms with van der Waals surface area (Å²) in [6.45, 7) is 10.7. The molecule has 0 aliphatic carbocycles. The molecule has 0 heterocycles. The summed E-state index contributed by atoms with van der Waals surface area (Å²) in [4.78, 5) is 11.9. The molecule has 1 aromatic rings. The summed E-state index contributed by atoms with van der Waals surface area (Å²) in [6.07, 6.45) is 2.30. The minimum atomic E-state index is -0.0366. The lowest BCUT2D eigenvalue weighted by molar-refractivity contribution is -0.122. The first kappa shape index (κ1) is 17.7. The topological polar surface area (TPSA) is 55.1 Å². The van der Waals surface area contributed by atoms with Gasteiger partial charge < -0.3 is 11.1 Å². The summed E-state index contributed by atoms with van der Waals surface area (Å²) >= 11 is 0. The molecule has 0 spiro atoms. The standard InChI is InChI=1S/C18H30N2O/c1-6-7-16(19)12-17(21)20-13(2)14-8-10-15(11-9-14)18(3,4)5/h8-11,13,16H,6-7,12,19H2,1-5H3,(H,20,21). The maximum atomic E-state index is 11.9. The lowest BCUT2D eigenvalue weighted by Gasteiger charge is -2.21. The number of hydrogen-bond donors (Lipinski definition) is 2. The monoisotopic (exact) mass is 290 g/mol. The molecule has 21 heavy (non-hydrogen) atoms. The minimum absolute atomic E-state index is 0.0142. The Balaban J connectivity index is 2.59. The van der Waals surface area contributed by atoms with E-state index in [9.17, 15) is 4.79 Å². The average molecular weight is 290 g/mol. The first-order chi connectivity index (χ1) is 9.74. The van der Waals surface area contributed by atoms with Crippen molar-refractivity contribution >= 4 is 5.91 Å². The molecule has 3 nitrogen and oxygen atoms in total. The number of benzene rings is 1. The molecule has 0 radical (unpaired) electrons. The molecule has 1 amide bonds. The third-order valence-electron chi connectivity index (χ3n) is 3.76. The van der Waals surface area contributed by atoms with Crippen molar-refractivity contribution in [1.82, 2.24) is 5.32 Å². The zero-order chi connectivity index (χ0) is 16.0. The molecule has 3 heteroatoms. The van der Waals surface area contributed by atoms with Crippen LogP contribution in [0.2, 0.25) is 0 Å². The predicted molar refractivity (Wildman–Crippen MR) is 89.2 cm³/mol. The van der Waals surface area contributed by atoms with Crippen molar-refractivity contribution in [3.63, 3.8) is 0 Å². The second-order valence-electron chi connectivity index (χ2n) is 6.91. The van der Waals surface area contributed by atoms with Crippen LogP contribution >= 0.6 is 0 Å². The van der Waals surface area contributed by atoms with Crippen LogP contribution in [-0.2, 0) is 10.2 Å². The van der Waals surface area contributed by atoms with Gasteiger partial charge in [-0.3, -0.25) is 4.79 Å². The Morgan fingerprint density at radius 3 is 2.29 bits per heavy atom. The van der Waals surface area contributed by atoms with Gasteiger partial charge >= 0.3 is 0 Å². The van der Waals surface area contributed by atoms with Crippen LogP contribution in [0.1, 0.15) is 71.0 Å². The Labute approximate surface area is 129 Å². The molecule has 118 valence electrons. The second-order valence-corrected chi connectivity index (χ2v) is 6.91. The molecule has 0 aliphatic heterocycles. The lowest BCUT2D eigenvalue weighted by atomic mass is 9.86. The minimum Gasteiger partial charge on any atom is -0.350 e. The number of hydrogen-bond acceptors (Lipinski definition) is 2. The zero-order valence-corrected chi connectivity index (χ0v) is 14.1. The SMILES string of the molecule is CCCC(N)CC(=O)NC(C)c1ccc(C(C)(C)C)cc1. The largest absolute Gasteiger partial charge is 0.350 e. The highest BCUT2D eigenvalue weighted by molar-refractivity contribution is 5.77. The molecule has 2 unspecified atom stereocenters. The first-order valence-electron chi connectivity index (χ1n) is 7.89. The molecule has 0 saturated carbocycles. The van der Waals surface area contributed by atoms with Crippen molar-refractivity contribution < 1.29 is 4.79 Å². The highest BCUT2D eigenvalue weighted by Gasteiger charge is 2.15. The molecule has 1 aromatic carbocycles. The van der Waals surface area contributed by atoms with Crippen molar-refractivity contribution in [2.24, 2.45) is 5.73 Å². The van der Waals surface area contributed by atoms with Crippen LogP contribution in [0.25, 0.3) is 0 Å². The Morgan fingerprint density at radius 1 is 1.24 bits per heavy atom. The van der Waals surface area contributed by atoms with E-state index in [4.69, 9.17) is 5.73 Å². The number of carbonyl (C=O) groups excluding carboxylic acids is 1. The van der Waals surface area contributed by atoms with E-state index in [2.05, 4.69) is 57.3 Å². The van der Waals surface area contributed by atoms with Gasteiger partial charge in [-0.25, -0.2) is 0 Å². The molecule has 0 aromatic heterocycles. The van der Waals surface area contributed by atoms with Crippen LogP contribution in [0.4, 0.5) is 0 Å². The van der Waals surface area contributed by atoms with Crippen molar-refractivity contribution in [2.75, 3.05) is 0 Å². The van der Waals surface area contributed by atoms with Gasteiger partial charge in [-0.05, 0) is 29.9 Å². The molecule has 3 N–H and O–H groups in total. The van der Waals surface area contributed by atoms with Crippen LogP contribution in [0.15, 0.2) is 24.3 Å². The third kappa shape index (κ3) is 5.88. The summed E-state index contributed by atoms with van der Waals surface area (Å²) in [6, 6.07) is 8.45. The van der Waals surface area contributed by atoms with Crippen LogP contribution in [0, 0.1) is 0 Å². The molecule has 0 saturated heterocycles. The number of nitrogens with one attached hydrogen (secondary N) is 1. The molecule has 0 fully saturated rings. The van der Waals surface area contributed by atoms with E-state index < -0.39 is 0 Å². The van der Waals surface area contributed by atoms with Gasteiger partial charge in [-0.2, -0.15) is 0 Å². The third-order valence-corrected chi connectivity index (χ3v) is 3.76. The zero-order valence-electron chi connectivity index (χ0n) is 14.1. The normalized spacial score (nSPS) is 14.6. The number of carbonyl (C=O) groups is 1. The van der Waals surface area contributed by atoms with E-state index in [-0.39, 0.29) is 23.4 Å². The van der Waals surface area contributed by atoms with Gasteiger partial charge in [0.1, 0.15) is 0 Å². The number of rotatable bonds is 6. The van der Waals surface area contributed by atoms with Gasteiger partial charge in [0.15, 0.2) is 0 Å². The van der Waals surface area contributed by atoms with Crippen molar-refractivity contribution in [2.45, 2.75) is 71.4 Å². The van der Waals surface area contributed by atoms with Gasteiger partial charge in [0.05, 0.1) is 6.04 Å².